The maximum Gasteiger partial charge on any atom is 0.188 e. The molecule has 0 radical (unpaired) electrons. The third kappa shape index (κ3) is 4.57. The lowest BCUT2D eigenvalue weighted by Crippen LogP contribution is -2.40. The molecule has 0 atom stereocenters. The number of rotatable bonds is 5. The van der Waals surface area contributed by atoms with Gasteiger partial charge in [0.15, 0.2) is 5.96 Å². The summed E-state index contributed by atoms with van der Waals surface area (Å²) in [7, 11) is 0. The molecule has 2 aromatic carbocycles. The Morgan fingerprint density at radius 1 is 1.07 bits per heavy atom. The van der Waals surface area contributed by atoms with Crippen LogP contribution in [0.5, 0.6) is 11.5 Å². The molecule has 0 amide bonds. The van der Waals surface area contributed by atoms with Crippen molar-refractivity contribution >= 4 is 5.96 Å². The second kappa shape index (κ2) is 8.52. The monoisotopic (exact) mass is 380 g/mol. The van der Waals surface area contributed by atoms with Crippen LogP contribution in [-0.2, 0) is 19.6 Å². The van der Waals surface area contributed by atoms with Crippen LogP contribution in [0.15, 0.2) is 42.5 Å². The van der Waals surface area contributed by atoms with E-state index in [1.807, 2.05) is 23.1 Å². The lowest BCUT2D eigenvalue weighted by atomic mass is 10.00. The Balaban J connectivity index is 1.33. The van der Waals surface area contributed by atoms with Crippen LogP contribution in [0.1, 0.15) is 29.5 Å². The Labute approximate surface area is 166 Å². The average Bonchev–Trinajstić information content (AvgIpc) is 2.73. The second-order valence-electron chi connectivity index (χ2n) is 7.49. The van der Waals surface area contributed by atoms with Gasteiger partial charge in [-0.1, -0.05) is 18.2 Å². The molecule has 0 bridgehead atoms. The predicted molar refractivity (Wildman–Crippen MR) is 110 cm³/mol. The number of ether oxygens (including phenoxy) is 2. The fraction of sp³-hybridized carbons (Fsp3) is 0.409. The van der Waals surface area contributed by atoms with E-state index in [4.69, 9.17) is 20.6 Å². The molecule has 0 unspecified atom stereocenters. The molecule has 4 N–H and O–H groups in total. The van der Waals surface area contributed by atoms with Crippen molar-refractivity contribution in [2.75, 3.05) is 19.6 Å². The number of fused-ring (bicyclic) bond motifs is 1. The number of hydrogen-bond donors (Lipinski definition) is 3. The molecular formula is C22H28N4O2. The smallest absolute Gasteiger partial charge is 0.188 e. The van der Waals surface area contributed by atoms with E-state index < -0.39 is 0 Å². The molecule has 0 aliphatic carbocycles. The van der Waals surface area contributed by atoms with E-state index in [9.17, 15) is 0 Å². The summed E-state index contributed by atoms with van der Waals surface area (Å²) in [5.41, 5.74) is 9.24. The number of nitrogens with zero attached hydrogens (tertiary/aromatic N) is 1. The summed E-state index contributed by atoms with van der Waals surface area (Å²) in [6, 6.07) is 14.4. The maximum atomic E-state index is 7.63. The summed E-state index contributed by atoms with van der Waals surface area (Å²) in [6.45, 7) is 4.05. The molecule has 0 spiro atoms. The highest BCUT2D eigenvalue weighted by molar-refractivity contribution is 5.75. The highest BCUT2D eigenvalue weighted by Gasteiger charge is 2.18. The van der Waals surface area contributed by atoms with Crippen molar-refractivity contribution in [3.8, 4) is 11.5 Å². The SMILES string of the molecule is N=C(N)N1CCc2ccc(OCc3ccc(OC4CCNCC4)cc3)cc2C1. The van der Waals surface area contributed by atoms with Crippen LogP contribution in [0.2, 0.25) is 0 Å². The summed E-state index contributed by atoms with van der Waals surface area (Å²) < 4.78 is 12.0. The van der Waals surface area contributed by atoms with E-state index >= 15 is 0 Å². The van der Waals surface area contributed by atoms with E-state index in [2.05, 4.69) is 29.6 Å². The Hall–Kier alpha value is -2.73. The van der Waals surface area contributed by atoms with Crippen LogP contribution < -0.4 is 20.5 Å². The molecule has 1 saturated heterocycles. The molecule has 2 aromatic rings. The third-order valence-corrected chi connectivity index (χ3v) is 5.45. The van der Waals surface area contributed by atoms with Gasteiger partial charge < -0.3 is 25.4 Å². The van der Waals surface area contributed by atoms with Crippen molar-refractivity contribution in [3.05, 3.63) is 59.2 Å². The van der Waals surface area contributed by atoms with Crippen LogP contribution in [0.25, 0.3) is 0 Å². The van der Waals surface area contributed by atoms with E-state index in [-0.39, 0.29) is 5.96 Å². The van der Waals surface area contributed by atoms with Crippen molar-refractivity contribution in [2.24, 2.45) is 5.73 Å². The van der Waals surface area contributed by atoms with Gasteiger partial charge in [0.2, 0.25) is 0 Å². The topological polar surface area (TPSA) is 83.6 Å². The van der Waals surface area contributed by atoms with E-state index in [0.29, 0.717) is 19.3 Å². The molecule has 2 heterocycles. The Bertz CT molecular complexity index is 816. The molecule has 0 aromatic heterocycles. The lowest BCUT2D eigenvalue weighted by Gasteiger charge is -2.29. The first-order valence-electron chi connectivity index (χ1n) is 9.97. The molecular weight excluding hydrogens is 352 g/mol. The molecule has 28 heavy (non-hydrogen) atoms. The summed E-state index contributed by atoms with van der Waals surface area (Å²) in [4.78, 5) is 1.88. The van der Waals surface area contributed by atoms with Gasteiger partial charge in [0.1, 0.15) is 24.2 Å². The van der Waals surface area contributed by atoms with E-state index in [1.165, 1.54) is 11.1 Å². The molecule has 148 valence electrons. The number of piperidine rings is 1. The zero-order chi connectivity index (χ0) is 19.3. The molecule has 2 aliphatic rings. The quantitative estimate of drug-likeness (QED) is 0.549. The van der Waals surface area contributed by atoms with Gasteiger partial charge in [-0.2, -0.15) is 0 Å². The van der Waals surface area contributed by atoms with Crippen LogP contribution in [0, 0.1) is 5.41 Å². The predicted octanol–water partition coefficient (Wildman–Crippen LogP) is 2.65. The number of benzene rings is 2. The van der Waals surface area contributed by atoms with Crippen LogP contribution in [0.3, 0.4) is 0 Å². The minimum absolute atomic E-state index is 0.128. The number of nitrogens with two attached hydrogens (primary N) is 1. The van der Waals surface area contributed by atoms with Crippen molar-refractivity contribution < 1.29 is 9.47 Å². The summed E-state index contributed by atoms with van der Waals surface area (Å²) in [6.07, 6.45) is 3.34. The highest BCUT2D eigenvalue weighted by Crippen LogP contribution is 2.25. The number of guanidine groups is 1. The number of nitrogens with one attached hydrogen (secondary N) is 2. The van der Waals surface area contributed by atoms with Gasteiger partial charge in [-0.25, -0.2) is 0 Å². The first-order chi connectivity index (χ1) is 13.7. The van der Waals surface area contributed by atoms with Gasteiger partial charge in [-0.3, -0.25) is 5.41 Å². The van der Waals surface area contributed by atoms with Gasteiger partial charge in [0.25, 0.3) is 0 Å². The van der Waals surface area contributed by atoms with Crippen molar-refractivity contribution in [1.29, 1.82) is 5.41 Å². The van der Waals surface area contributed by atoms with Crippen LogP contribution in [-0.4, -0.2) is 36.6 Å². The Morgan fingerprint density at radius 2 is 1.82 bits per heavy atom. The summed E-state index contributed by atoms with van der Waals surface area (Å²) in [5, 5.41) is 11.0. The van der Waals surface area contributed by atoms with Gasteiger partial charge in [-0.15, -0.1) is 0 Å². The second-order valence-corrected chi connectivity index (χ2v) is 7.49. The fourth-order valence-electron chi connectivity index (χ4n) is 3.77. The minimum Gasteiger partial charge on any atom is -0.490 e. The van der Waals surface area contributed by atoms with Crippen molar-refractivity contribution in [2.45, 2.75) is 38.5 Å². The van der Waals surface area contributed by atoms with Gasteiger partial charge in [-0.05, 0) is 73.3 Å². The van der Waals surface area contributed by atoms with Gasteiger partial charge >= 0.3 is 0 Å². The Morgan fingerprint density at radius 3 is 2.57 bits per heavy atom. The molecule has 6 nitrogen and oxygen atoms in total. The zero-order valence-corrected chi connectivity index (χ0v) is 16.1. The fourth-order valence-corrected chi connectivity index (χ4v) is 3.77. The average molecular weight is 380 g/mol. The third-order valence-electron chi connectivity index (χ3n) is 5.45. The normalized spacial score (nSPS) is 17.1. The molecule has 6 heteroatoms. The molecule has 2 aliphatic heterocycles. The van der Waals surface area contributed by atoms with E-state index in [1.54, 1.807) is 0 Å². The maximum absolute atomic E-state index is 7.63. The van der Waals surface area contributed by atoms with Crippen LogP contribution in [0.4, 0.5) is 0 Å². The zero-order valence-electron chi connectivity index (χ0n) is 16.1. The van der Waals surface area contributed by atoms with Crippen LogP contribution >= 0.6 is 0 Å². The first kappa shape index (κ1) is 18.6. The van der Waals surface area contributed by atoms with Gasteiger partial charge in [0.05, 0.1) is 0 Å². The van der Waals surface area contributed by atoms with Crippen molar-refractivity contribution in [3.63, 3.8) is 0 Å². The summed E-state index contributed by atoms with van der Waals surface area (Å²) in [5.74, 6) is 1.90. The van der Waals surface area contributed by atoms with Gasteiger partial charge in [0, 0.05) is 13.1 Å². The first-order valence-corrected chi connectivity index (χ1v) is 9.97. The highest BCUT2D eigenvalue weighted by atomic mass is 16.5. The van der Waals surface area contributed by atoms with E-state index in [0.717, 1.165) is 56.0 Å². The largest absolute Gasteiger partial charge is 0.490 e. The standard InChI is InChI=1S/C22H28N4O2/c23-22(24)26-12-9-17-3-6-21(13-18(17)14-26)27-15-16-1-4-19(5-2-16)28-20-7-10-25-11-8-20/h1-6,13,20,25H,7-12,14-15H2,(H3,23,24). The number of hydrogen-bond acceptors (Lipinski definition) is 4. The Kier molecular flexibility index (Phi) is 5.67. The molecule has 4 rings (SSSR count). The lowest BCUT2D eigenvalue weighted by molar-refractivity contribution is 0.162. The summed E-state index contributed by atoms with van der Waals surface area (Å²) >= 11 is 0. The molecule has 1 fully saturated rings. The minimum atomic E-state index is 0.128. The molecule has 0 saturated carbocycles. The van der Waals surface area contributed by atoms with Crippen molar-refractivity contribution in [1.82, 2.24) is 10.2 Å².